The normalized spacial score (nSPS) is 17.5. The van der Waals surface area contributed by atoms with Crippen molar-refractivity contribution < 1.29 is 36.7 Å². The topological polar surface area (TPSA) is 145 Å². The van der Waals surface area contributed by atoms with Gasteiger partial charge in [0.15, 0.2) is 0 Å². The summed E-state index contributed by atoms with van der Waals surface area (Å²) in [6, 6.07) is 16.2. The molecular formula is C43H46F4N6O4. The number of aromatic nitrogens is 2. The van der Waals surface area contributed by atoms with E-state index in [0.29, 0.717) is 29.8 Å². The highest BCUT2D eigenvalue weighted by Crippen LogP contribution is 2.40. The molecule has 10 nitrogen and oxygen atoms in total. The van der Waals surface area contributed by atoms with Crippen LogP contribution in [0.15, 0.2) is 79.0 Å². The number of nitrogens with zero attached hydrogens (tertiary/aromatic N) is 1. The number of hydrogen-bond donors (Lipinski definition) is 5. The first-order chi connectivity index (χ1) is 27.1. The molecule has 0 fully saturated rings. The number of nitrogens with one attached hydrogen (secondary N) is 5. The Balaban J connectivity index is 1.34. The molecule has 1 aliphatic carbocycles. The van der Waals surface area contributed by atoms with Crippen LogP contribution in [-0.2, 0) is 44.6 Å². The Morgan fingerprint density at radius 1 is 0.877 bits per heavy atom. The van der Waals surface area contributed by atoms with Crippen molar-refractivity contribution in [1.82, 2.24) is 25.9 Å². The molecule has 14 heteroatoms. The summed E-state index contributed by atoms with van der Waals surface area (Å²) < 4.78 is 56.8. The fraction of sp³-hybridized carbons (Fsp3) is 0.372. The van der Waals surface area contributed by atoms with Gasteiger partial charge < -0.3 is 26.3 Å². The molecule has 0 bridgehead atoms. The number of H-pyrrole nitrogens is 1. The lowest BCUT2D eigenvalue weighted by Gasteiger charge is -2.39. The van der Waals surface area contributed by atoms with Crippen LogP contribution in [0.3, 0.4) is 0 Å². The van der Waals surface area contributed by atoms with Crippen molar-refractivity contribution in [3.05, 3.63) is 107 Å². The molecule has 6 rings (SSSR count). The third-order valence-corrected chi connectivity index (χ3v) is 11.2. The van der Waals surface area contributed by atoms with Gasteiger partial charge in [0.25, 0.3) is 0 Å². The van der Waals surface area contributed by atoms with Gasteiger partial charge in [-0.25, -0.2) is 4.39 Å². The number of halogens is 4. The van der Waals surface area contributed by atoms with Gasteiger partial charge in [0.05, 0.1) is 23.0 Å². The van der Waals surface area contributed by atoms with Crippen molar-refractivity contribution >= 4 is 51.1 Å². The number of carbonyl (C=O) groups excluding carboxylic acids is 4. The van der Waals surface area contributed by atoms with Gasteiger partial charge in [0, 0.05) is 34.8 Å². The second-order valence-electron chi connectivity index (χ2n) is 15.0. The first kappa shape index (κ1) is 40.9. The summed E-state index contributed by atoms with van der Waals surface area (Å²) in [6.45, 7) is 7.26. The van der Waals surface area contributed by atoms with E-state index in [1.165, 1.54) is 30.3 Å². The zero-order valence-electron chi connectivity index (χ0n) is 32.1. The molecule has 0 saturated carbocycles. The predicted molar refractivity (Wildman–Crippen MR) is 209 cm³/mol. The van der Waals surface area contributed by atoms with Crippen LogP contribution in [0.25, 0.3) is 21.8 Å². The zero-order chi connectivity index (χ0) is 41.1. The largest absolute Gasteiger partial charge is 0.418 e. The first-order valence-corrected chi connectivity index (χ1v) is 19.1. The number of aromatic amines is 1. The van der Waals surface area contributed by atoms with E-state index in [1.807, 2.05) is 26.8 Å². The molecule has 2 heterocycles. The predicted octanol–water partition coefficient (Wildman–Crippen LogP) is 7.16. The maximum atomic E-state index is 14.8. The molecule has 3 aromatic carbocycles. The Hall–Kier alpha value is -5.79. The molecule has 0 saturated heterocycles. The van der Waals surface area contributed by atoms with E-state index < -0.39 is 64.7 Å². The summed E-state index contributed by atoms with van der Waals surface area (Å²) >= 11 is 0. The Bertz CT molecular complexity index is 2310. The minimum absolute atomic E-state index is 0.0331. The van der Waals surface area contributed by atoms with Gasteiger partial charge in [0.1, 0.15) is 23.4 Å². The minimum Gasteiger partial charge on any atom is -0.358 e. The number of fused-ring (bicyclic) bond motifs is 4. The number of pyridine rings is 1. The van der Waals surface area contributed by atoms with Crippen LogP contribution < -0.4 is 21.3 Å². The number of para-hydroxylation sites is 1. The number of benzene rings is 3. The number of hydrogen-bond acceptors (Lipinski definition) is 5. The van der Waals surface area contributed by atoms with Gasteiger partial charge in [-0.2, -0.15) is 13.2 Å². The maximum absolute atomic E-state index is 14.8. The third kappa shape index (κ3) is 8.79. The van der Waals surface area contributed by atoms with Crippen LogP contribution in [0.5, 0.6) is 0 Å². The fourth-order valence-corrected chi connectivity index (χ4v) is 7.47. The van der Waals surface area contributed by atoms with Crippen LogP contribution in [0.2, 0.25) is 0 Å². The van der Waals surface area contributed by atoms with Crippen LogP contribution in [0.4, 0.5) is 23.2 Å². The van der Waals surface area contributed by atoms with Crippen molar-refractivity contribution in [2.24, 2.45) is 11.8 Å². The number of carbonyl (C=O) groups is 4. The van der Waals surface area contributed by atoms with E-state index in [1.54, 1.807) is 43.5 Å². The molecule has 0 aliphatic heterocycles. The molecule has 5 N–H and O–H groups in total. The minimum atomic E-state index is -4.65. The summed E-state index contributed by atoms with van der Waals surface area (Å²) in [4.78, 5) is 63.7. The van der Waals surface area contributed by atoms with E-state index in [-0.39, 0.29) is 48.1 Å². The quantitative estimate of drug-likeness (QED) is 0.0805. The van der Waals surface area contributed by atoms with Crippen LogP contribution in [0, 0.1) is 17.7 Å². The molecule has 57 heavy (non-hydrogen) atoms. The van der Waals surface area contributed by atoms with Crippen LogP contribution in [0.1, 0.15) is 69.3 Å². The number of rotatable bonds is 13. The summed E-state index contributed by atoms with van der Waals surface area (Å²) in [7, 11) is 0. The fourth-order valence-electron chi connectivity index (χ4n) is 7.47. The standard InChI is InChI=1S/C43H46F4N6O4/c1-5-24(3)36(39(55)49-28-16-17-33-27(21-28)12-10-20-48-33)52-41(57)42(19-18-34-30(23-42)29-13-9-14-31(38(29)50-34)43(45,46)47)53-40(56)37(25(4)6-2)51-35(54)22-26-11-7-8-15-32(26)44/h7-17,20-21,24-25,36-37,50H,5-6,18-19,22-23H2,1-4H3,(H,49,55)(H,51,54)(H,52,57)(H,53,56)/t24-,25?,36?,37+,42-/m1/s1. The van der Waals surface area contributed by atoms with Gasteiger partial charge in [-0.1, -0.05) is 76.9 Å². The lowest BCUT2D eigenvalue weighted by molar-refractivity contribution is -0.138. The molecule has 300 valence electrons. The molecule has 2 unspecified atom stereocenters. The lowest BCUT2D eigenvalue weighted by atomic mass is 9.78. The number of amides is 4. The molecule has 0 spiro atoms. The van der Waals surface area contributed by atoms with Crippen LogP contribution >= 0.6 is 0 Å². The van der Waals surface area contributed by atoms with E-state index in [4.69, 9.17) is 0 Å². The van der Waals surface area contributed by atoms with E-state index in [2.05, 4.69) is 31.2 Å². The Morgan fingerprint density at radius 3 is 2.30 bits per heavy atom. The van der Waals surface area contributed by atoms with Crippen molar-refractivity contribution in [1.29, 1.82) is 0 Å². The molecule has 4 amide bonds. The lowest BCUT2D eigenvalue weighted by Crippen LogP contribution is -2.67. The molecule has 1 aliphatic rings. The molecular weight excluding hydrogens is 741 g/mol. The summed E-state index contributed by atoms with van der Waals surface area (Å²) in [5.74, 6) is -3.90. The number of anilines is 1. The second-order valence-corrected chi connectivity index (χ2v) is 15.0. The van der Waals surface area contributed by atoms with E-state index in [9.17, 15) is 36.7 Å². The average molecular weight is 787 g/mol. The second kappa shape index (κ2) is 16.7. The van der Waals surface area contributed by atoms with Crippen molar-refractivity contribution in [2.75, 3.05) is 5.32 Å². The monoisotopic (exact) mass is 786 g/mol. The maximum Gasteiger partial charge on any atom is 0.418 e. The summed E-state index contributed by atoms with van der Waals surface area (Å²) in [5, 5.41) is 12.5. The van der Waals surface area contributed by atoms with Gasteiger partial charge in [-0.15, -0.1) is 0 Å². The van der Waals surface area contributed by atoms with E-state index in [0.717, 1.165) is 17.0 Å². The van der Waals surface area contributed by atoms with Crippen molar-refractivity contribution in [3.8, 4) is 0 Å². The van der Waals surface area contributed by atoms with Crippen LogP contribution in [-0.4, -0.2) is 51.2 Å². The average Bonchev–Trinajstić information content (AvgIpc) is 3.56. The summed E-state index contributed by atoms with van der Waals surface area (Å²) in [5.41, 5.74) is -0.463. The van der Waals surface area contributed by atoms with Crippen molar-refractivity contribution in [2.45, 2.75) is 90.0 Å². The molecule has 5 atom stereocenters. The highest BCUT2D eigenvalue weighted by atomic mass is 19.4. The number of alkyl halides is 3. The van der Waals surface area contributed by atoms with Gasteiger partial charge in [-0.3, -0.25) is 24.2 Å². The zero-order valence-corrected chi connectivity index (χ0v) is 32.1. The van der Waals surface area contributed by atoms with Gasteiger partial charge >= 0.3 is 6.18 Å². The molecule has 2 aromatic heterocycles. The first-order valence-electron chi connectivity index (χ1n) is 19.1. The summed E-state index contributed by atoms with van der Waals surface area (Å²) in [6.07, 6.45) is -2.53. The van der Waals surface area contributed by atoms with Crippen molar-refractivity contribution in [3.63, 3.8) is 0 Å². The third-order valence-electron chi connectivity index (χ3n) is 11.2. The smallest absolute Gasteiger partial charge is 0.358 e. The Kier molecular flexibility index (Phi) is 12.0. The molecule has 0 radical (unpaired) electrons. The Morgan fingerprint density at radius 2 is 1.60 bits per heavy atom. The Labute approximate surface area is 327 Å². The van der Waals surface area contributed by atoms with Gasteiger partial charge in [0.2, 0.25) is 23.6 Å². The molecule has 5 aromatic rings. The van der Waals surface area contributed by atoms with E-state index >= 15 is 0 Å². The highest BCUT2D eigenvalue weighted by Gasteiger charge is 2.47. The number of aryl methyl sites for hydroxylation is 1. The SMILES string of the molecule is CCC(C)[C@H](NC(=O)Cc1ccccc1F)C(=O)N[C@]1(C(=O)NC(C(=O)Nc2ccc3ncccc3c2)[C@H](C)CC)CCc2[nH]c3c(C(F)(F)F)cccc3c2C1. The van der Waals surface area contributed by atoms with Gasteiger partial charge in [-0.05, 0) is 72.2 Å². The highest BCUT2D eigenvalue weighted by molar-refractivity contribution is 6.02.